The second-order valence-corrected chi connectivity index (χ2v) is 8.30. The minimum atomic E-state index is -1.11. The van der Waals surface area contributed by atoms with E-state index in [1.165, 1.54) is 6.08 Å². The molecular formula is C21H21NO4S2. The maximum Gasteiger partial charge on any atom is 0.327 e. The van der Waals surface area contributed by atoms with Gasteiger partial charge in [0.25, 0.3) is 5.91 Å². The summed E-state index contributed by atoms with van der Waals surface area (Å²) in [4.78, 5) is 26.1. The number of aliphatic hydroxyl groups is 1. The topological polar surface area (TPSA) is 77.8 Å². The van der Waals surface area contributed by atoms with E-state index in [4.69, 9.17) is 12.2 Å². The summed E-state index contributed by atoms with van der Waals surface area (Å²) in [5, 5.41) is 20.2. The highest BCUT2D eigenvalue weighted by molar-refractivity contribution is 8.26. The molecule has 2 unspecified atom stereocenters. The number of carboxylic acids is 1. The lowest BCUT2D eigenvalue weighted by Gasteiger charge is -2.23. The van der Waals surface area contributed by atoms with E-state index < -0.39 is 24.0 Å². The van der Waals surface area contributed by atoms with Crippen molar-refractivity contribution in [3.63, 3.8) is 0 Å². The maximum absolute atomic E-state index is 12.9. The molecule has 2 atom stereocenters. The van der Waals surface area contributed by atoms with Crippen LogP contribution in [0, 0.1) is 0 Å². The lowest BCUT2D eigenvalue weighted by molar-refractivity contribution is -0.145. The second kappa shape index (κ2) is 9.32. The summed E-state index contributed by atoms with van der Waals surface area (Å²) in [5.74, 6) is -1.58. The molecule has 5 nitrogen and oxygen atoms in total. The lowest BCUT2D eigenvalue weighted by atomic mass is 10.0. The summed E-state index contributed by atoms with van der Waals surface area (Å²) in [7, 11) is 0. The number of thioether (sulfide) groups is 1. The molecule has 0 aromatic heterocycles. The molecule has 0 saturated carbocycles. The third-order valence-corrected chi connectivity index (χ3v) is 6.01. The van der Waals surface area contributed by atoms with Crippen molar-refractivity contribution in [3.8, 4) is 0 Å². The molecule has 1 saturated heterocycles. The first kappa shape index (κ1) is 20.5. The van der Waals surface area contributed by atoms with E-state index in [1.54, 1.807) is 0 Å². The van der Waals surface area contributed by atoms with Crippen LogP contribution in [0.25, 0.3) is 0 Å². The van der Waals surface area contributed by atoms with E-state index >= 15 is 0 Å². The fourth-order valence-corrected chi connectivity index (χ4v) is 4.54. The number of allylic oxidation sites excluding steroid dienone is 3. The lowest BCUT2D eigenvalue weighted by Crippen LogP contribution is -2.45. The highest BCUT2D eigenvalue weighted by atomic mass is 32.2. The monoisotopic (exact) mass is 415 g/mol. The highest BCUT2D eigenvalue weighted by Gasteiger charge is 2.40. The molecule has 1 aliphatic carbocycles. The Morgan fingerprint density at radius 2 is 2.07 bits per heavy atom. The van der Waals surface area contributed by atoms with Gasteiger partial charge in [0.15, 0.2) is 0 Å². The first-order chi connectivity index (χ1) is 13.5. The van der Waals surface area contributed by atoms with Gasteiger partial charge < -0.3 is 10.2 Å². The van der Waals surface area contributed by atoms with Crippen LogP contribution in [0.3, 0.4) is 0 Å². The van der Waals surface area contributed by atoms with Crippen LogP contribution in [0.5, 0.6) is 0 Å². The van der Waals surface area contributed by atoms with Gasteiger partial charge in [0.05, 0.1) is 11.0 Å². The van der Waals surface area contributed by atoms with Gasteiger partial charge in [-0.25, -0.2) is 4.79 Å². The zero-order chi connectivity index (χ0) is 20.1. The Balaban J connectivity index is 1.80. The summed E-state index contributed by atoms with van der Waals surface area (Å²) < 4.78 is 0.196. The van der Waals surface area contributed by atoms with Gasteiger partial charge >= 0.3 is 5.97 Å². The molecule has 2 N–H and O–H groups in total. The number of aliphatic carboxylic acids is 1. The summed E-state index contributed by atoms with van der Waals surface area (Å²) in [6.07, 6.45) is 9.20. The summed E-state index contributed by atoms with van der Waals surface area (Å²) in [6, 6.07) is 8.05. The minimum Gasteiger partial charge on any atom is -0.480 e. The van der Waals surface area contributed by atoms with Crippen molar-refractivity contribution in [1.82, 2.24) is 4.90 Å². The molecular weight excluding hydrogens is 394 g/mol. The number of hydrogen-bond donors (Lipinski definition) is 2. The molecule has 1 amide bonds. The Morgan fingerprint density at radius 1 is 1.32 bits per heavy atom. The largest absolute Gasteiger partial charge is 0.480 e. The molecule has 146 valence electrons. The second-order valence-electron chi connectivity index (χ2n) is 6.62. The molecule has 1 heterocycles. The average molecular weight is 416 g/mol. The van der Waals surface area contributed by atoms with Crippen molar-refractivity contribution in [3.05, 3.63) is 70.7 Å². The van der Waals surface area contributed by atoms with Crippen molar-refractivity contribution >= 4 is 40.2 Å². The van der Waals surface area contributed by atoms with Gasteiger partial charge in [0.2, 0.25) is 0 Å². The average Bonchev–Trinajstić information content (AvgIpc) is 2.87. The number of rotatable bonds is 6. The number of thiocarbonyl (C=S) groups is 1. The number of carbonyl (C=O) groups is 2. The molecule has 7 heteroatoms. The zero-order valence-corrected chi connectivity index (χ0v) is 16.8. The fourth-order valence-electron chi connectivity index (χ4n) is 3.18. The zero-order valence-electron chi connectivity index (χ0n) is 15.2. The van der Waals surface area contributed by atoms with E-state index in [2.05, 4.69) is 0 Å². The van der Waals surface area contributed by atoms with Crippen LogP contribution in [-0.2, 0) is 16.0 Å². The van der Waals surface area contributed by atoms with Crippen LogP contribution >= 0.6 is 24.0 Å². The third-order valence-electron chi connectivity index (χ3n) is 4.66. The Labute approximate surface area is 173 Å². The molecule has 2 aliphatic rings. The smallest absolute Gasteiger partial charge is 0.327 e. The fraction of sp³-hybridized carbons (Fsp3) is 0.286. The van der Waals surface area contributed by atoms with Crippen LogP contribution in [-0.4, -0.2) is 43.5 Å². The molecule has 0 spiro atoms. The normalized spacial score (nSPS) is 20.8. The maximum atomic E-state index is 12.9. The summed E-state index contributed by atoms with van der Waals surface area (Å²) in [5.41, 5.74) is 1.64. The van der Waals surface area contributed by atoms with Crippen molar-refractivity contribution in [2.24, 2.45) is 0 Å². The van der Waals surface area contributed by atoms with Gasteiger partial charge in [0.1, 0.15) is 10.4 Å². The number of benzene rings is 1. The molecule has 1 fully saturated rings. The van der Waals surface area contributed by atoms with E-state index in [-0.39, 0.29) is 15.6 Å². The van der Waals surface area contributed by atoms with Crippen LogP contribution in [0.4, 0.5) is 0 Å². The predicted octanol–water partition coefficient (Wildman–Crippen LogP) is 3.45. The quantitative estimate of drug-likeness (QED) is 0.547. The van der Waals surface area contributed by atoms with Crippen molar-refractivity contribution in [1.29, 1.82) is 0 Å². The molecule has 0 bridgehead atoms. The van der Waals surface area contributed by atoms with E-state index in [0.29, 0.717) is 0 Å². The van der Waals surface area contributed by atoms with Crippen LogP contribution < -0.4 is 0 Å². The molecule has 0 radical (unpaired) electrons. The SMILES string of the molecule is O=C(O)C(Cc1ccccc1)N1C(=O)/C(=C\C(O)C2=CC=CCCC2)SC1=S. The van der Waals surface area contributed by atoms with Gasteiger partial charge in [0, 0.05) is 6.42 Å². The summed E-state index contributed by atoms with van der Waals surface area (Å²) in [6.45, 7) is 0. The molecule has 28 heavy (non-hydrogen) atoms. The van der Waals surface area contributed by atoms with Gasteiger partial charge in [-0.2, -0.15) is 0 Å². The highest BCUT2D eigenvalue weighted by Crippen LogP contribution is 2.34. The van der Waals surface area contributed by atoms with Crippen LogP contribution in [0.15, 0.2) is 65.1 Å². The van der Waals surface area contributed by atoms with Gasteiger partial charge in [-0.3, -0.25) is 9.69 Å². The van der Waals surface area contributed by atoms with Crippen molar-refractivity contribution in [2.75, 3.05) is 0 Å². The number of nitrogens with zero attached hydrogens (tertiary/aromatic N) is 1. The Morgan fingerprint density at radius 3 is 2.79 bits per heavy atom. The van der Waals surface area contributed by atoms with E-state index in [9.17, 15) is 19.8 Å². The number of aliphatic hydroxyl groups excluding tert-OH is 1. The first-order valence-electron chi connectivity index (χ1n) is 9.05. The summed E-state index contributed by atoms with van der Waals surface area (Å²) >= 11 is 6.33. The number of hydrogen-bond acceptors (Lipinski definition) is 5. The number of carbonyl (C=O) groups excluding carboxylic acids is 1. The first-order valence-corrected chi connectivity index (χ1v) is 10.3. The van der Waals surface area contributed by atoms with Crippen LogP contribution in [0.2, 0.25) is 0 Å². The standard InChI is InChI=1S/C21H21NO4S2/c23-17(15-10-6-1-2-7-11-15)13-18-19(24)22(21(27)28-18)16(20(25)26)12-14-8-4-3-5-9-14/h1,3-6,8-10,13,16-17,23H,2,7,11-12H2,(H,25,26)/b18-13+. The van der Waals surface area contributed by atoms with Crippen molar-refractivity contribution < 1.29 is 19.8 Å². The van der Waals surface area contributed by atoms with Crippen LogP contribution in [0.1, 0.15) is 24.8 Å². The minimum absolute atomic E-state index is 0.161. The Kier molecular flexibility index (Phi) is 6.83. The third kappa shape index (κ3) is 4.79. The molecule has 3 rings (SSSR count). The molecule has 1 aromatic carbocycles. The Bertz CT molecular complexity index is 860. The predicted molar refractivity (Wildman–Crippen MR) is 114 cm³/mol. The van der Waals surface area contributed by atoms with E-state index in [1.807, 2.05) is 48.6 Å². The van der Waals surface area contributed by atoms with Gasteiger partial charge in [-0.1, -0.05) is 72.5 Å². The number of amides is 1. The molecule has 1 aliphatic heterocycles. The molecule has 1 aromatic rings. The number of carboxylic acid groups (broad SMARTS) is 1. The van der Waals surface area contributed by atoms with Gasteiger partial charge in [-0.15, -0.1) is 0 Å². The van der Waals surface area contributed by atoms with Crippen molar-refractivity contribution in [2.45, 2.75) is 37.8 Å². The van der Waals surface area contributed by atoms with E-state index in [0.717, 1.165) is 47.1 Å². The Hall–Kier alpha value is -2.22. The van der Waals surface area contributed by atoms with Gasteiger partial charge in [-0.05, 0) is 36.5 Å².